The molecule has 3 rings (SSSR count). The van der Waals surface area contributed by atoms with Crippen LogP contribution in [0.2, 0.25) is 0 Å². The molecule has 0 bridgehead atoms. The Morgan fingerprint density at radius 1 is 1.07 bits per heavy atom. The number of benzene rings is 1. The Morgan fingerprint density at radius 2 is 1.85 bits per heavy atom. The van der Waals surface area contributed by atoms with Gasteiger partial charge in [0, 0.05) is 22.3 Å². The van der Waals surface area contributed by atoms with Crippen molar-refractivity contribution in [3.05, 3.63) is 62.7 Å². The summed E-state index contributed by atoms with van der Waals surface area (Å²) in [5.41, 5.74) is 4.71. The van der Waals surface area contributed by atoms with Crippen molar-refractivity contribution in [2.24, 2.45) is 5.92 Å². The number of H-pyrrole nitrogens is 1. The summed E-state index contributed by atoms with van der Waals surface area (Å²) in [6.45, 7) is 10.4. The molecule has 0 radical (unpaired) electrons. The smallest absolute Gasteiger partial charge is 0.254 e. The maximum Gasteiger partial charge on any atom is 0.254 e. The topological polar surface area (TPSA) is 71.5 Å². The molecule has 5 heteroatoms. The molecule has 27 heavy (non-hydrogen) atoms. The van der Waals surface area contributed by atoms with Gasteiger partial charge in [0.2, 0.25) is 0 Å². The lowest BCUT2D eigenvalue weighted by atomic mass is 10.0. The number of fused-ring (bicyclic) bond motifs is 1. The molecular weight excluding hydrogens is 336 g/mol. The molecule has 0 spiro atoms. The second kappa shape index (κ2) is 7.99. The zero-order chi connectivity index (χ0) is 19.6. The molecule has 0 aliphatic heterocycles. The SMILES string of the molecule is CCc1ccc2c(C)nc(Cc3nc(C)c(CCC(C)C)c(=O)[nH]3)nc2c1. The van der Waals surface area contributed by atoms with Crippen LogP contribution in [-0.2, 0) is 19.3 Å². The Hall–Kier alpha value is -2.56. The van der Waals surface area contributed by atoms with Gasteiger partial charge < -0.3 is 4.98 Å². The molecule has 2 aromatic heterocycles. The Balaban J connectivity index is 1.91. The van der Waals surface area contributed by atoms with Gasteiger partial charge in [0.15, 0.2) is 0 Å². The van der Waals surface area contributed by atoms with Crippen molar-refractivity contribution in [2.75, 3.05) is 0 Å². The first-order valence-electron chi connectivity index (χ1n) is 9.72. The fourth-order valence-corrected chi connectivity index (χ4v) is 3.32. The highest BCUT2D eigenvalue weighted by Crippen LogP contribution is 2.18. The van der Waals surface area contributed by atoms with Crippen LogP contribution in [0.1, 0.15) is 61.4 Å². The maximum absolute atomic E-state index is 12.5. The van der Waals surface area contributed by atoms with Crippen LogP contribution in [0.3, 0.4) is 0 Å². The van der Waals surface area contributed by atoms with E-state index in [1.165, 1.54) is 5.56 Å². The van der Waals surface area contributed by atoms with Crippen molar-refractivity contribution in [1.82, 2.24) is 19.9 Å². The van der Waals surface area contributed by atoms with Gasteiger partial charge in [-0.05, 0) is 50.7 Å². The highest BCUT2D eigenvalue weighted by atomic mass is 16.1. The molecule has 1 aromatic carbocycles. The first-order chi connectivity index (χ1) is 12.9. The predicted octanol–water partition coefficient (Wildman–Crippen LogP) is 4.07. The van der Waals surface area contributed by atoms with E-state index in [9.17, 15) is 4.79 Å². The van der Waals surface area contributed by atoms with Gasteiger partial charge in [0.05, 0.1) is 11.9 Å². The second-order valence-electron chi connectivity index (χ2n) is 7.62. The van der Waals surface area contributed by atoms with Gasteiger partial charge in [0.1, 0.15) is 11.6 Å². The number of nitrogens with zero attached hydrogens (tertiary/aromatic N) is 3. The van der Waals surface area contributed by atoms with E-state index in [-0.39, 0.29) is 5.56 Å². The van der Waals surface area contributed by atoms with Crippen LogP contribution in [0.5, 0.6) is 0 Å². The van der Waals surface area contributed by atoms with Crippen LogP contribution in [0.15, 0.2) is 23.0 Å². The number of hydrogen-bond acceptors (Lipinski definition) is 4. The van der Waals surface area contributed by atoms with Gasteiger partial charge in [-0.2, -0.15) is 0 Å². The number of aromatic amines is 1. The van der Waals surface area contributed by atoms with Crippen LogP contribution < -0.4 is 5.56 Å². The van der Waals surface area contributed by atoms with Crippen LogP contribution in [0.4, 0.5) is 0 Å². The van der Waals surface area contributed by atoms with E-state index in [0.29, 0.717) is 24.0 Å². The van der Waals surface area contributed by atoms with E-state index in [0.717, 1.165) is 47.1 Å². The summed E-state index contributed by atoms with van der Waals surface area (Å²) < 4.78 is 0. The van der Waals surface area contributed by atoms with Gasteiger partial charge in [0.25, 0.3) is 5.56 Å². The summed E-state index contributed by atoms with van der Waals surface area (Å²) in [4.78, 5) is 29.4. The Bertz CT molecular complexity index is 1020. The highest BCUT2D eigenvalue weighted by Gasteiger charge is 2.12. The van der Waals surface area contributed by atoms with Gasteiger partial charge in [-0.1, -0.05) is 32.9 Å². The minimum atomic E-state index is -0.0380. The van der Waals surface area contributed by atoms with E-state index in [4.69, 9.17) is 4.98 Å². The zero-order valence-corrected chi connectivity index (χ0v) is 16.9. The van der Waals surface area contributed by atoms with Crippen LogP contribution in [0.25, 0.3) is 10.9 Å². The average molecular weight is 364 g/mol. The third-order valence-electron chi connectivity index (χ3n) is 4.98. The number of nitrogens with one attached hydrogen (secondary N) is 1. The standard InChI is InChI=1S/C22H28N4O/c1-6-16-8-10-17-14(4)23-20(25-19(17)11-16)12-21-24-15(5)18(22(27)26-21)9-7-13(2)3/h8,10-11,13H,6-7,9,12H2,1-5H3,(H,24,26,27). The van der Waals surface area contributed by atoms with Gasteiger partial charge in [-0.15, -0.1) is 0 Å². The molecule has 5 nitrogen and oxygen atoms in total. The van der Waals surface area contributed by atoms with Crippen molar-refractivity contribution in [2.45, 2.75) is 60.3 Å². The molecule has 2 heterocycles. The molecule has 1 N–H and O–H groups in total. The lowest BCUT2D eigenvalue weighted by Crippen LogP contribution is -2.20. The predicted molar refractivity (Wildman–Crippen MR) is 109 cm³/mol. The fraction of sp³-hybridized carbons (Fsp3) is 0.455. The molecule has 0 saturated carbocycles. The van der Waals surface area contributed by atoms with E-state index in [1.54, 1.807) is 0 Å². The molecule has 0 aliphatic rings. The molecule has 0 atom stereocenters. The Morgan fingerprint density at radius 3 is 2.52 bits per heavy atom. The summed E-state index contributed by atoms with van der Waals surface area (Å²) in [7, 11) is 0. The van der Waals surface area contributed by atoms with Crippen molar-refractivity contribution in [3.8, 4) is 0 Å². The third-order valence-corrected chi connectivity index (χ3v) is 4.98. The largest absolute Gasteiger partial charge is 0.310 e. The number of hydrogen-bond donors (Lipinski definition) is 1. The second-order valence-corrected chi connectivity index (χ2v) is 7.62. The molecular formula is C22H28N4O. The van der Waals surface area contributed by atoms with Gasteiger partial charge >= 0.3 is 0 Å². The highest BCUT2D eigenvalue weighted by molar-refractivity contribution is 5.81. The van der Waals surface area contributed by atoms with Crippen LogP contribution in [0, 0.1) is 19.8 Å². The summed E-state index contributed by atoms with van der Waals surface area (Å²) in [5, 5.41) is 1.07. The van der Waals surface area contributed by atoms with E-state index >= 15 is 0 Å². The summed E-state index contributed by atoms with van der Waals surface area (Å²) in [5.74, 6) is 1.87. The quantitative estimate of drug-likeness (QED) is 0.715. The number of aromatic nitrogens is 4. The molecule has 0 saturated heterocycles. The first-order valence-corrected chi connectivity index (χ1v) is 9.72. The monoisotopic (exact) mass is 364 g/mol. The molecule has 0 fully saturated rings. The van der Waals surface area contributed by atoms with Crippen molar-refractivity contribution in [1.29, 1.82) is 0 Å². The minimum absolute atomic E-state index is 0.0380. The number of rotatable bonds is 6. The summed E-state index contributed by atoms with van der Waals surface area (Å²) in [6, 6.07) is 6.32. The van der Waals surface area contributed by atoms with Crippen LogP contribution in [-0.4, -0.2) is 19.9 Å². The minimum Gasteiger partial charge on any atom is -0.310 e. The van der Waals surface area contributed by atoms with Gasteiger partial charge in [-0.3, -0.25) is 4.79 Å². The van der Waals surface area contributed by atoms with Crippen molar-refractivity contribution < 1.29 is 0 Å². The average Bonchev–Trinajstić information content (AvgIpc) is 2.60. The van der Waals surface area contributed by atoms with Crippen LogP contribution >= 0.6 is 0 Å². The van der Waals surface area contributed by atoms with Crippen molar-refractivity contribution >= 4 is 10.9 Å². The molecule has 0 unspecified atom stereocenters. The Kier molecular flexibility index (Phi) is 5.68. The first kappa shape index (κ1) is 19.2. The molecule has 0 aliphatic carbocycles. The molecule has 142 valence electrons. The lowest BCUT2D eigenvalue weighted by molar-refractivity contribution is 0.581. The fourth-order valence-electron chi connectivity index (χ4n) is 3.32. The van der Waals surface area contributed by atoms with E-state index in [1.807, 2.05) is 13.8 Å². The van der Waals surface area contributed by atoms with Gasteiger partial charge in [-0.25, -0.2) is 15.0 Å². The van der Waals surface area contributed by atoms with Crippen molar-refractivity contribution in [3.63, 3.8) is 0 Å². The maximum atomic E-state index is 12.5. The zero-order valence-electron chi connectivity index (χ0n) is 16.9. The normalized spacial score (nSPS) is 11.5. The lowest BCUT2D eigenvalue weighted by Gasteiger charge is -2.10. The molecule has 3 aromatic rings. The third kappa shape index (κ3) is 4.41. The Labute approximate surface area is 160 Å². The summed E-state index contributed by atoms with van der Waals surface area (Å²) in [6.07, 6.45) is 3.14. The van der Waals surface area contributed by atoms with E-state index < -0.39 is 0 Å². The van der Waals surface area contributed by atoms with E-state index in [2.05, 4.69) is 53.9 Å². The number of aryl methyl sites for hydroxylation is 3. The molecule has 0 amide bonds. The summed E-state index contributed by atoms with van der Waals surface area (Å²) >= 11 is 0.